The predicted octanol–water partition coefficient (Wildman–Crippen LogP) is 2.29. The molecule has 0 fully saturated rings. The molecule has 1 heterocycles. The van der Waals surface area contributed by atoms with Gasteiger partial charge in [-0.2, -0.15) is 0 Å². The van der Waals surface area contributed by atoms with Gasteiger partial charge in [-0.25, -0.2) is 4.39 Å². The van der Waals surface area contributed by atoms with Gasteiger partial charge in [0, 0.05) is 19.3 Å². The zero-order valence-electron chi connectivity index (χ0n) is 9.36. The highest BCUT2D eigenvalue weighted by Crippen LogP contribution is 2.14. The van der Waals surface area contributed by atoms with Gasteiger partial charge in [0.25, 0.3) is 0 Å². The van der Waals surface area contributed by atoms with E-state index in [9.17, 15) is 4.39 Å². The van der Waals surface area contributed by atoms with Crippen LogP contribution in [0.25, 0.3) is 0 Å². The zero-order chi connectivity index (χ0) is 12.1. The smallest absolute Gasteiger partial charge is 0.146 e. The second-order valence-electron chi connectivity index (χ2n) is 3.65. The molecule has 2 rings (SSSR count). The molecule has 0 bridgehead atoms. The van der Waals surface area contributed by atoms with E-state index < -0.39 is 0 Å². The van der Waals surface area contributed by atoms with Gasteiger partial charge in [0.15, 0.2) is 0 Å². The molecule has 3 nitrogen and oxygen atoms in total. The van der Waals surface area contributed by atoms with Crippen molar-refractivity contribution in [2.75, 3.05) is 5.32 Å². The Morgan fingerprint density at radius 2 is 2.00 bits per heavy atom. The molecule has 0 aliphatic carbocycles. The van der Waals surface area contributed by atoms with Crippen LogP contribution in [0.5, 0.6) is 0 Å². The molecule has 0 atom stereocenters. The van der Waals surface area contributed by atoms with Crippen LogP contribution in [0.2, 0.25) is 0 Å². The number of halogens is 1. The van der Waals surface area contributed by atoms with Gasteiger partial charge in [-0.05, 0) is 23.8 Å². The maximum atomic E-state index is 13.4. The van der Waals surface area contributed by atoms with Crippen molar-refractivity contribution >= 4 is 5.69 Å². The molecule has 1 aromatic heterocycles. The Kier molecular flexibility index (Phi) is 3.67. The van der Waals surface area contributed by atoms with E-state index in [1.54, 1.807) is 24.4 Å². The average Bonchev–Trinajstić information content (AvgIpc) is 2.38. The number of pyridine rings is 1. The molecule has 0 saturated heterocycles. The summed E-state index contributed by atoms with van der Waals surface area (Å²) >= 11 is 0. The van der Waals surface area contributed by atoms with Crippen LogP contribution in [0.3, 0.4) is 0 Å². The normalized spacial score (nSPS) is 10.2. The van der Waals surface area contributed by atoms with Gasteiger partial charge in [0.05, 0.1) is 11.4 Å². The van der Waals surface area contributed by atoms with Crippen molar-refractivity contribution in [1.29, 1.82) is 0 Å². The van der Waals surface area contributed by atoms with Crippen LogP contribution in [0.15, 0.2) is 42.6 Å². The van der Waals surface area contributed by atoms with Crippen LogP contribution in [-0.2, 0) is 13.1 Å². The Hall–Kier alpha value is -1.94. The average molecular weight is 231 g/mol. The number of nitrogens with two attached hydrogens (primary N) is 1. The number of rotatable bonds is 4. The van der Waals surface area contributed by atoms with Gasteiger partial charge in [-0.1, -0.05) is 18.2 Å². The maximum Gasteiger partial charge on any atom is 0.146 e. The van der Waals surface area contributed by atoms with Gasteiger partial charge >= 0.3 is 0 Å². The van der Waals surface area contributed by atoms with Gasteiger partial charge in [0.2, 0.25) is 0 Å². The summed E-state index contributed by atoms with van der Waals surface area (Å²) < 4.78 is 13.4. The van der Waals surface area contributed by atoms with Crippen LogP contribution in [-0.4, -0.2) is 4.98 Å². The van der Waals surface area contributed by atoms with E-state index in [0.29, 0.717) is 18.8 Å². The van der Waals surface area contributed by atoms with E-state index >= 15 is 0 Å². The quantitative estimate of drug-likeness (QED) is 0.848. The Bertz CT molecular complexity index is 500. The lowest BCUT2D eigenvalue weighted by Crippen LogP contribution is -2.08. The summed E-state index contributed by atoms with van der Waals surface area (Å²) in [5, 5.41) is 3.03. The SMILES string of the molecule is NCc1ncccc1CNc1ccccc1F. The molecule has 0 aliphatic heterocycles. The first kappa shape index (κ1) is 11.5. The molecule has 0 radical (unpaired) electrons. The molecule has 2 aromatic rings. The van der Waals surface area contributed by atoms with Gasteiger partial charge in [0.1, 0.15) is 5.82 Å². The minimum absolute atomic E-state index is 0.259. The summed E-state index contributed by atoms with van der Waals surface area (Å²) in [6, 6.07) is 10.4. The van der Waals surface area contributed by atoms with E-state index in [2.05, 4.69) is 10.3 Å². The molecule has 0 aliphatic rings. The lowest BCUT2D eigenvalue weighted by Gasteiger charge is -2.09. The van der Waals surface area contributed by atoms with Crippen LogP contribution < -0.4 is 11.1 Å². The summed E-state index contributed by atoms with van der Waals surface area (Å²) in [7, 11) is 0. The molecule has 0 unspecified atom stereocenters. The van der Waals surface area contributed by atoms with Crippen molar-refractivity contribution in [2.24, 2.45) is 5.73 Å². The molecule has 4 heteroatoms. The third kappa shape index (κ3) is 2.79. The van der Waals surface area contributed by atoms with Crippen molar-refractivity contribution in [3.63, 3.8) is 0 Å². The molecule has 0 amide bonds. The maximum absolute atomic E-state index is 13.4. The first-order valence-electron chi connectivity index (χ1n) is 5.42. The number of para-hydroxylation sites is 1. The van der Waals surface area contributed by atoms with Crippen LogP contribution in [0, 0.1) is 5.82 Å². The standard InChI is InChI=1S/C13H14FN3/c14-11-5-1-2-6-12(11)17-9-10-4-3-7-16-13(10)8-15/h1-7,17H,8-9,15H2. The first-order chi connectivity index (χ1) is 8.31. The minimum Gasteiger partial charge on any atom is -0.379 e. The lowest BCUT2D eigenvalue weighted by molar-refractivity contribution is 0.630. The van der Waals surface area contributed by atoms with E-state index in [1.807, 2.05) is 12.1 Å². The van der Waals surface area contributed by atoms with Crippen LogP contribution >= 0.6 is 0 Å². The van der Waals surface area contributed by atoms with E-state index in [4.69, 9.17) is 5.73 Å². The monoisotopic (exact) mass is 231 g/mol. The second kappa shape index (κ2) is 5.41. The first-order valence-corrected chi connectivity index (χ1v) is 5.42. The van der Waals surface area contributed by atoms with E-state index in [-0.39, 0.29) is 5.82 Å². The molecule has 17 heavy (non-hydrogen) atoms. The van der Waals surface area contributed by atoms with Crippen LogP contribution in [0.4, 0.5) is 10.1 Å². The molecular weight excluding hydrogens is 217 g/mol. The van der Waals surface area contributed by atoms with Crippen molar-refractivity contribution in [1.82, 2.24) is 4.98 Å². The number of anilines is 1. The number of benzene rings is 1. The van der Waals surface area contributed by atoms with Crippen molar-refractivity contribution in [3.05, 3.63) is 59.7 Å². The molecule has 1 aromatic carbocycles. The highest BCUT2D eigenvalue weighted by Gasteiger charge is 2.03. The second-order valence-corrected chi connectivity index (χ2v) is 3.65. The van der Waals surface area contributed by atoms with Crippen molar-refractivity contribution in [3.8, 4) is 0 Å². The molecule has 0 spiro atoms. The topological polar surface area (TPSA) is 50.9 Å². The summed E-state index contributed by atoms with van der Waals surface area (Å²) in [6.07, 6.45) is 1.70. The minimum atomic E-state index is -0.259. The van der Waals surface area contributed by atoms with Gasteiger partial charge in [-0.3, -0.25) is 4.98 Å². The molecule has 88 valence electrons. The highest BCUT2D eigenvalue weighted by atomic mass is 19.1. The van der Waals surface area contributed by atoms with Crippen molar-refractivity contribution in [2.45, 2.75) is 13.1 Å². The summed E-state index contributed by atoms with van der Waals surface area (Å²) in [6.45, 7) is 0.899. The fourth-order valence-electron chi connectivity index (χ4n) is 1.61. The van der Waals surface area contributed by atoms with E-state index in [1.165, 1.54) is 6.07 Å². The predicted molar refractivity (Wildman–Crippen MR) is 65.9 cm³/mol. The van der Waals surface area contributed by atoms with E-state index in [0.717, 1.165) is 11.3 Å². The largest absolute Gasteiger partial charge is 0.379 e. The number of nitrogens with zero attached hydrogens (tertiary/aromatic N) is 1. The molecule has 3 N–H and O–H groups in total. The van der Waals surface area contributed by atoms with Crippen molar-refractivity contribution < 1.29 is 4.39 Å². The zero-order valence-corrected chi connectivity index (χ0v) is 9.36. The summed E-state index contributed by atoms with van der Waals surface area (Å²) in [4.78, 5) is 4.17. The Labute approximate surface area is 99.5 Å². The Balaban J connectivity index is 2.10. The summed E-state index contributed by atoms with van der Waals surface area (Å²) in [5.41, 5.74) is 7.89. The third-order valence-corrected chi connectivity index (χ3v) is 2.52. The molecule has 0 saturated carbocycles. The lowest BCUT2D eigenvalue weighted by atomic mass is 10.2. The fourth-order valence-corrected chi connectivity index (χ4v) is 1.61. The number of aromatic nitrogens is 1. The Morgan fingerprint density at radius 3 is 2.76 bits per heavy atom. The molecular formula is C13H14FN3. The fraction of sp³-hybridized carbons (Fsp3) is 0.154. The van der Waals surface area contributed by atoms with Crippen LogP contribution in [0.1, 0.15) is 11.3 Å². The number of hydrogen-bond acceptors (Lipinski definition) is 3. The van der Waals surface area contributed by atoms with Gasteiger partial charge in [-0.15, -0.1) is 0 Å². The number of hydrogen-bond donors (Lipinski definition) is 2. The third-order valence-electron chi connectivity index (χ3n) is 2.52. The Morgan fingerprint density at radius 1 is 1.18 bits per heavy atom. The van der Waals surface area contributed by atoms with Gasteiger partial charge < -0.3 is 11.1 Å². The number of nitrogens with one attached hydrogen (secondary N) is 1. The summed E-state index contributed by atoms with van der Waals surface area (Å²) in [5.74, 6) is -0.259. The highest BCUT2D eigenvalue weighted by molar-refractivity contribution is 5.45.